The molecule has 1 aromatic carbocycles. The van der Waals surface area contributed by atoms with Crippen molar-refractivity contribution < 1.29 is 4.42 Å². The summed E-state index contributed by atoms with van der Waals surface area (Å²) in [5, 5.41) is 9.26. The molecule has 0 aliphatic carbocycles. The fourth-order valence-electron chi connectivity index (χ4n) is 2.67. The molecule has 0 radical (unpaired) electrons. The predicted octanol–water partition coefficient (Wildman–Crippen LogP) is 3.00. The lowest BCUT2D eigenvalue weighted by atomic mass is 10.2. The van der Waals surface area contributed by atoms with E-state index in [0.29, 0.717) is 17.5 Å². The molecule has 3 rings (SSSR count). The fraction of sp³-hybridized carbons (Fsp3) is 0.412. The van der Waals surface area contributed by atoms with E-state index in [0.717, 1.165) is 26.2 Å². The molecule has 114 valence electrons. The highest BCUT2D eigenvalue weighted by Crippen LogP contribution is 2.27. The number of oxazole rings is 1. The summed E-state index contributed by atoms with van der Waals surface area (Å²) in [7, 11) is 0. The van der Waals surface area contributed by atoms with Crippen molar-refractivity contribution in [3.8, 4) is 6.07 Å². The zero-order chi connectivity index (χ0) is 15.5. The summed E-state index contributed by atoms with van der Waals surface area (Å²) >= 11 is 0. The molecule has 0 bridgehead atoms. The van der Waals surface area contributed by atoms with E-state index < -0.39 is 0 Å². The van der Waals surface area contributed by atoms with Crippen molar-refractivity contribution in [3.63, 3.8) is 0 Å². The standard InChI is InChI=1S/C17H20N4O/c1-13(2)16-19-15(12-18)17(22-16)21-10-8-20(9-11-21)14-6-4-3-5-7-14/h3-7,13H,8-11H2,1-2H3. The van der Waals surface area contributed by atoms with Crippen LogP contribution in [0, 0.1) is 11.3 Å². The van der Waals surface area contributed by atoms with E-state index >= 15 is 0 Å². The maximum atomic E-state index is 9.26. The van der Waals surface area contributed by atoms with Crippen LogP contribution in [0.1, 0.15) is 31.4 Å². The third-order valence-electron chi connectivity index (χ3n) is 3.91. The number of anilines is 2. The summed E-state index contributed by atoms with van der Waals surface area (Å²) in [4.78, 5) is 8.77. The number of nitrogens with zero attached hydrogens (tertiary/aromatic N) is 4. The maximum Gasteiger partial charge on any atom is 0.234 e. The molecule has 0 N–H and O–H groups in total. The second-order valence-electron chi connectivity index (χ2n) is 5.78. The van der Waals surface area contributed by atoms with E-state index in [4.69, 9.17) is 4.42 Å². The van der Waals surface area contributed by atoms with E-state index in [-0.39, 0.29) is 5.92 Å². The Kier molecular flexibility index (Phi) is 4.01. The van der Waals surface area contributed by atoms with Gasteiger partial charge in [0.1, 0.15) is 6.07 Å². The van der Waals surface area contributed by atoms with Gasteiger partial charge in [0.15, 0.2) is 0 Å². The zero-order valence-electron chi connectivity index (χ0n) is 13.0. The van der Waals surface area contributed by atoms with Gasteiger partial charge >= 0.3 is 0 Å². The first-order chi connectivity index (χ1) is 10.7. The van der Waals surface area contributed by atoms with Crippen molar-refractivity contribution in [1.29, 1.82) is 5.26 Å². The molecule has 0 spiro atoms. The minimum Gasteiger partial charge on any atom is -0.423 e. The Morgan fingerprint density at radius 3 is 2.32 bits per heavy atom. The number of piperazine rings is 1. The molecule has 1 saturated heterocycles. The van der Waals surface area contributed by atoms with E-state index in [9.17, 15) is 5.26 Å². The van der Waals surface area contributed by atoms with Crippen LogP contribution >= 0.6 is 0 Å². The molecule has 0 amide bonds. The van der Waals surface area contributed by atoms with Gasteiger partial charge in [-0.25, -0.2) is 4.98 Å². The molecule has 0 atom stereocenters. The SMILES string of the molecule is CC(C)c1nc(C#N)c(N2CCN(c3ccccc3)CC2)o1. The van der Waals surface area contributed by atoms with Crippen LogP contribution in [0.3, 0.4) is 0 Å². The minimum absolute atomic E-state index is 0.187. The lowest BCUT2D eigenvalue weighted by molar-refractivity contribution is 0.457. The van der Waals surface area contributed by atoms with Gasteiger partial charge in [-0.2, -0.15) is 5.26 Å². The quantitative estimate of drug-likeness (QED) is 0.871. The van der Waals surface area contributed by atoms with Crippen LogP contribution in [0.5, 0.6) is 0 Å². The van der Waals surface area contributed by atoms with Crippen molar-refractivity contribution in [2.75, 3.05) is 36.0 Å². The van der Waals surface area contributed by atoms with Gasteiger partial charge in [-0.3, -0.25) is 0 Å². The van der Waals surface area contributed by atoms with E-state index in [2.05, 4.69) is 45.1 Å². The smallest absolute Gasteiger partial charge is 0.234 e. The van der Waals surface area contributed by atoms with Gasteiger partial charge in [-0.15, -0.1) is 0 Å². The van der Waals surface area contributed by atoms with Gasteiger partial charge in [0.25, 0.3) is 0 Å². The highest BCUT2D eigenvalue weighted by molar-refractivity contribution is 5.52. The highest BCUT2D eigenvalue weighted by Gasteiger charge is 2.24. The first-order valence-electron chi connectivity index (χ1n) is 7.65. The number of para-hydroxylation sites is 1. The van der Waals surface area contributed by atoms with Crippen LogP contribution in [0.2, 0.25) is 0 Å². The topological polar surface area (TPSA) is 56.3 Å². The number of rotatable bonds is 3. The number of hydrogen-bond donors (Lipinski definition) is 0. The lowest BCUT2D eigenvalue weighted by Gasteiger charge is -2.35. The second-order valence-corrected chi connectivity index (χ2v) is 5.78. The predicted molar refractivity (Wildman–Crippen MR) is 86.2 cm³/mol. The van der Waals surface area contributed by atoms with Crippen molar-refractivity contribution in [3.05, 3.63) is 41.9 Å². The summed E-state index contributed by atoms with van der Waals surface area (Å²) in [5.41, 5.74) is 1.64. The first-order valence-corrected chi connectivity index (χ1v) is 7.65. The Labute approximate surface area is 130 Å². The number of hydrogen-bond acceptors (Lipinski definition) is 5. The Bertz CT molecular complexity index is 664. The van der Waals surface area contributed by atoms with E-state index in [1.807, 2.05) is 19.9 Å². The first kappa shape index (κ1) is 14.5. The molecule has 2 aromatic rings. The number of aromatic nitrogens is 1. The van der Waals surface area contributed by atoms with Crippen LogP contribution in [-0.2, 0) is 0 Å². The second kappa shape index (κ2) is 6.10. The Morgan fingerprint density at radius 2 is 1.73 bits per heavy atom. The molecule has 2 heterocycles. The van der Waals surface area contributed by atoms with Gasteiger partial charge in [-0.05, 0) is 12.1 Å². The molecule has 1 aliphatic heterocycles. The molecular formula is C17H20N4O. The lowest BCUT2D eigenvalue weighted by Crippen LogP contribution is -2.46. The summed E-state index contributed by atoms with van der Waals surface area (Å²) in [6, 6.07) is 12.5. The van der Waals surface area contributed by atoms with E-state index in [1.54, 1.807) is 0 Å². The number of benzene rings is 1. The van der Waals surface area contributed by atoms with Gasteiger partial charge in [0.05, 0.1) is 0 Å². The maximum absolute atomic E-state index is 9.26. The van der Waals surface area contributed by atoms with Gasteiger partial charge in [0.2, 0.25) is 17.5 Å². The van der Waals surface area contributed by atoms with Gasteiger partial charge in [0, 0.05) is 37.8 Å². The highest BCUT2D eigenvalue weighted by atomic mass is 16.4. The summed E-state index contributed by atoms with van der Waals surface area (Å²) in [6.45, 7) is 7.51. The molecule has 1 aromatic heterocycles. The zero-order valence-corrected chi connectivity index (χ0v) is 13.0. The third-order valence-corrected chi connectivity index (χ3v) is 3.91. The largest absolute Gasteiger partial charge is 0.423 e. The van der Waals surface area contributed by atoms with Crippen molar-refractivity contribution in [1.82, 2.24) is 4.98 Å². The van der Waals surface area contributed by atoms with Crippen LogP contribution in [0.25, 0.3) is 0 Å². The minimum atomic E-state index is 0.187. The molecule has 5 heteroatoms. The van der Waals surface area contributed by atoms with Crippen LogP contribution in [-0.4, -0.2) is 31.2 Å². The van der Waals surface area contributed by atoms with Crippen LogP contribution in [0.4, 0.5) is 11.6 Å². The summed E-state index contributed by atoms with van der Waals surface area (Å²) in [6.07, 6.45) is 0. The molecule has 0 unspecified atom stereocenters. The van der Waals surface area contributed by atoms with Crippen LogP contribution in [0.15, 0.2) is 34.7 Å². The normalized spacial score (nSPS) is 15.2. The molecule has 1 fully saturated rings. The Hall–Kier alpha value is -2.48. The molecule has 0 saturated carbocycles. The molecular weight excluding hydrogens is 276 g/mol. The van der Waals surface area contributed by atoms with E-state index in [1.165, 1.54) is 5.69 Å². The summed E-state index contributed by atoms with van der Waals surface area (Å²) in [5.74, 6) is 1.45. The van der Waals surface area contributed by atoms with Gasteiger partial charge < -0.3 is 14.2 Å². The molecule has 5 nitrogen and oxygen atoms in total. The fourth-order valence-corrected chi connectivity index (χ4v) is 2.67. The number of nitriles is 1. The molecule has 1 aliphatic rings. The Balaban J connectivity index is 1.73. The third kappa shape index (κ3) is 2.77. The van der Waals surface area contributed by atoms with Crippen molar-refractivity contribution in [2.45, 2.75) is 19.8 Å². The van der Waals surface area contributed by atoms with Crippen LogP contribution < -0.4 is 9.80 Å². The van der Waals surface area contributed by atoms with Crippen molar-refractivity contribution in [2.24, 2.45) is 0 Å². The molecule has 22 heavy (non-hydrogen) atoms. The van der Waals surface area contributed by atoms with Gasteiger partial charge in [-0.1, -0.05) is 32.0 Å². The summed E-state index contributed by atoms with van der Waals surface area (Å²) < 4.78 is 5.82. The average molecular weight is 296 g/mol. The van der Waals surface area contributed by atoms with Crippen molar-refractivity contribution >= 4 is 11.6 Å². The average Bonchev–Trinajstić information content (AvgIpc) is 3.00. The Morgan fingerprint density at radius 1 is 1.09 bits per heavy atom. The monoisotopic (exact) mass is 296 g/mol.